The van der Waals surface area contributed by atoms with E-state index in [1.165, 1.54) is 29.6 Å². The van der Waals surface area contributed by atoms with E-state index >= 15 is 8.78 Å². The first-order valence-electron chi connectivity index (χ1n) is 21.5. The van der Waals surface area contributed by atoms with E-state index in [0.29, 0.717) is 63.9 Å². The molecular weight excluding hydrogens is 977 g/mol. The minimum absolute atomic E-state index is 0.0985. The summed E-state index contributed by atoms with van der Waals surface area (Å²) in [4.78, 5) is 40.6. The van der Waals surface area contributed by atoms with Gasteiger partial charge in [0.15, 0.2) is 0 Å². The molecule has 9 rings (SSSR count). The Morgan fingerprint density at radius 1 is 0.809 bits per heavy atom. The Bertz CT molecular complexity index is 3470. The molecular formula is C48H45F2N3O10S5. The standard InChI is InChI=1S/C48H45F2N3O10S5/c1-23-15-31-45(65-23)27-17-29-35(21-33(27)52(7)48(31,5)6)63-34-18-25-24(2)47(3,4)30-19-40(67(57,58)59)66-44(30)26(25)16-28(34)41(29)42-43(50)36(20-32(49)46(42)68(60,61)62)64-22-37(54)51-13-9-8-10-14-53-38(55)11-12-39(53)56/h11-12,15-21H,8-10,13-14,22H2,1-7H3,(H,51,54)(H,57,58,59)(H,60,61,62). The Balaban J connectivity index is 1.21. The molecule has 3 N–H and O–H groups in total. The van der Waals surface area contributed by atoms with Crippen molar-refractivity contribution in [3.63, 3.8) is 0 Å². The van der Waals surface area contributed by atoms with Crippen molar-refractivity contribution in [2.24, 2.45) is 0 Å². The quantitative estimate of drug-likeness (QED) is 0.0465. The fourth-order valence-electron chi connectivity index (χ4n) is 9.36. The third-order valence-electron chi connectivity index (χ3n) is 13.4. The van der Waals surface area contributed by atoms with Crippen LogP contribution in [0.15, 0.2) is 68.6 Å². The molecule has 4 aliphatic rings. The maximum Gasteiger partial charge on any atom is 0.304 e. The van der Waals surface area contributed by atoms with Crippen LogP contribution >= 0.6 is 34.4 Å². The number of benzene rings is 3. The number of nitrogens with zero attached hydrogens (tertiary/aromatic N) is 2. The van der Waals surface area contributed by atoms with Gasteiger partial charge in [0.05, 0.1) is 11.3 Å². The molecule has 0 atom stereocenters. The van der Waals surface area contributed by atoms with Crippen LogP contribution in [-0.2, 0) is 45.6 Å². The molecule has 0 spiro atoms. The van der Waals surface area contributed by atoms with E-state index in [-0.39, 0.29) is 57.0 Å². The summed E-state index contributed by atoms with van der Waals surface area (Å²) in [5.74, 6) is -4.09. The molecule has 20 heteroatoms. The molecule has 3 aromatic carbocycles. The summed E-state index contributed by atoms with van der Waals surface area (Å²) in [6, 6.07) is 10.9. The molecule has 356 valence electrons. The van der Waals surface area contributed by atoms with E-state index in [1.807, 2.05) is 34.7 Å². The predicted octanol–water partition coefficient (Wildman–Crippen LogP) is 8.03. The Kier molecular flexibility index (Phi) is 11.8. The summed E-state index contributed by atoms with van der Waals surface area (Å²) < 4.78 is 114. The van der Waals surface area contributed by atoms with E-state index in [4.69, 9.17) is 4.74 Å². The molecule has 0 bridgehead atoms. The molecule has 0 saturated carbocycles. The van der Waals surface area contributed by atoms with Crippen molar-refractivity contribution in [3.05, 3.63) is 104 Å². The number of hydrogen-bond acceptors (Lipinski definition) is 12. The molecule has 3 aliphatic heterocycles. The molecule has 0 unspecified atom stereocenters. The number of fused-ring (bicyclic) bond motifs is 8. The zero-order valence-electron chi connectivity index (χ0n) is 37.8. The largest absolute Gasteiger partial charge is 0.456 e. The number of halogens is 2. The van der Waals surface area contributed by atoms with Gasteiger partial charge in [0.25, 0.3) is 21.9 Å². The number of unbranched alkanes of at least 4 members (excludes halogenated alkanes) is 2. The topological polar surface area (TPSA) is 188 Å². The van der Waals surface area contributed by atoms with Gasteiger partial charge < -0.3 is 15.0 Å². The molecule has 0 fully saturated rings. The number of nitrogens with one attached hydrogen (secondary N) is 1. The highest BCUT2D eigenvalue weighted by Crippen LogP contribution is 2.55. The number of anilines is 1. The maximum atomic E-state index is 17.7. The van der Waals surface area contributed by atoms with Crippen LogP contribution in [0.2, 0.25) is 0 Å². The number of rotatable bonds is 12. The SMILES string of the molecule is CC1=c2cc3c(cc2-c2sc(S(=O)(=O)O)cc2C1(C)C)=C(c1c(F)c(SCC(=O)NCCCCCN2C(=O)C=CC2=O)cc(F)c1S(=O)(=O)O)c1cc2c(cc1O3)N(C)C(C)(C)c1cc(C)sc1-2. The van der Waals surface area contributed by atoms with Crippen LogP contribution in [-0.4, -0.2) is 74.5 Å². The molecule has 3 amide bonds. The van der Waals surface area contributed by atoms with Crippen molar-refractivity contribution < 1.29 is 53.8 Å². The predicted molar refractivity (Wildman–Crippen MR) is 258 cm³/mol. The van der Waals surface area contributed by atoms with Crippen molar-refractivity contribution in [1.82, 2.24) is 10.2 Å². The van der Waals surface area contributed by atoms with Gasteiger partial charge in [0.2, 0.25) is 5.91 Å². The maximum absolute atomic E-state index is 17.7. The molecule has 2 aromatic heterocycles. The van der Waals surface area contributed by atoms with Crippen LogP contribution in [0, 0.1) is 18.6 Å². The highest BCUT2D eigenvalue weighted by Gasteiger charge is 2.41. The van der Waals surface area contributed by atoms with Crippen molar-refractivity contribution >= 4 is 89.2 Å². The van der Waals surface area contributed by atoms with Crippen molar-refractivity contribution in [2.45, 2.75) is 85.8 Å². The normalized spacial score (nSPS) is 16.5. The van der Waals surface area contributed by atoms with Gasteiger partial charge in [-0.15, -0.1) is 34.4 Å². The van der Waals surface area contributed by atoms with Gasteiger partial charge in [0, 0.05) is 102 Å². The Labute approximate surface area is 403 Å². The van der Waals surface area contributed by atoms with Gasteiger partial charge in [-0.1, -0.05) is 19.4 Å². The molecule has 0 radical (unpaired) electrons. The second-order valence-corrected chi connectivity index (χ2v) is 24.5. The average molecular weight is 1020 g/mol. The fraction of sp³-hybridized carbons (Fsp3) is 0.312. The number of amides is 3. The number of hydrogen-bond donors (Lipinski definition) is 3. The number of imide groups is 1. The minimum Gasteiger partial charge on any atom is -0.456 e. The molecule has 1 aliphatic carbocycles. The lowest BCUT2D eigenvalue weighted by molar-refractivity contribution is -0.136. The van der Waals surface area contributed by atoms with E-state index in [9.17, 15) is 40.3 Å². The lowest BCUT2D eigenvalue weighted by Crippen LogP contribution is -2.41. The first kappa shape index (κ1) is 47.8. The fourth-order valence-corrected chi connectivity index (χ4v) is 14.1. The third-order valence-corrected chi connectivity index (χ3v) is 18.9. The summed E-state index contributed by atoms with van der Waals surface area (Å²) in [6.07, 6.45) is 4.01. The average Bonchev–Trinajstić information content (AvgIpc) is 3.99. The smallest absolute Gasteiger partial charge is 0.304 e. The van der Waals surface area contributed by atoms with Crippen LogP contribution in [0.3, 0.4) is 0 Å². The second-order valence-electron chi connectivity index (χ2n) is 18.2. The van der Waals surface area contributed by atoms with E-state index in [0.717, 1.165) is 42.8 Å². The van der Waals surface area contributed by atoms with E-state index in [2.05, 4.69) is 30.1 Å². The monoisotopic (exact) mass is 1020 g/mol. The zero-order valence-corrected chi connectivity index (χ0v) is 41.9. The van der Waals surface area contributed by atoms with Crippen LogP contribution in [0.4, 0.5) is 14.5 Å². The molecule has 5 aromatic rings. The van der Waals surface area contributed by atoms with Gasteiger partial charge in [-0.05, 0) is 99.7 Å². The van der Waals surface area contributed by atoms with Gasteiger partial charge in [-0.3, -0.25) is 28.4 Å². The number of aryl methyl sites for hydroxylation is 1. The highest BCUT2D eigenvalue weighted by molar-refractivity contribution is 8.00. The van der Waals surface area contributed by atoms with Crippen molar-refractivity contribution in [3.8, 4) is 32.4 Å². The number of carbonyl (C=O) groups is 3. The van der Waals surface area contributed by atoms with Gasteiger partial charge in [0.1, 0.15) is 32.2 Å². The zero-order chi connectivity index (χ0) is 49.2. The van der Waals surface area contributed by atoms with Crippen LogP contribution in [0.25, 0.3) is 32.0 Å². The van der Waals surface area contributed by atoms with Gasteiger partial charge in [-0.2, -0.15) is 16.8 Å². The lowest BCUT2D eigenvalue weighted by Gasteiger charge is -2.43. The highest BCUT2D eigenvalue weighted by atomic mass is 32.3. The summed E-state index contributed by atoms with van der Waals surface area (Å²) in [7, 11) is -8.24. The summed E-state index contributed by atoms with van der Waals surface area (Å²) in [6.45, 7) is 12.3. The van der Waals surface area contributed by atoms with Crippen LogP contribution < -0.4 is 25.4 Å². The van der Waals surface area contributed by atoms with Gasteiger partial charge in [-0.25, -0.2) is 8.78 Å². The third kappa shape index (κ3) is 7.90. The minimum atomic E-state index is -5.52. The number of thiophene rings is 2. The van der Waals surface area contributed by atoms with Gasteiger partial charge >= 0.3 is 10.1 Å². The van der Waals surface area contributed by atoms with Crippen molar-refractivity contribution in [2.75, 3.05) is 30.8 Å². The van der Waals surface area contributed by atoms with E-state index in [1.54, 1.807) is 24.3 Å². The summed E-state index contributed by atoms with van der Waals surface area (Å²) in [5, 5.41) is 3.46. The second kappa shape index (κ2) is 16.7. The first-order chi connectivity index (χ1) is 31.8. The summed E-state index contributed by atoms with van der Waals surface area (Å²) in [5.41, 5.74) is 2.28. The Hall–Kier alpha value is -5.22. The molecule has 68 heavy (non-hydrogen) atoms. The van der Waals surface area contributed by atoms with Crippen LogP contribution in [0.5, 0.6) is 11.5 Å². The Morgan fingerprint density at radius 3 is 2.18 bits per heavy atom. The number of ether oxygens (including phenoxy) is 1. The molecule has 0 saturated heterocycles. The lowest BCUT2D eigenvalue weighted by atomic mass is 9.73. The molecule has 5 heterocycles. The molecule has 13 nitrogen and oxygen atoms in total. The first-order valence-corrected chi connectivity index (χ1v) is 27.0. The summed E-state index contributed by atoms with van der Waals surface area (Å²) >= 11 is 2.99. The van der Waals surface area contributed by atoms with Crippen LogP contribution in [0.1, 0.15) is 81.0 Å². The Morgan fingerprint density at radius 2 is 1.50 bits per heavy atom. The number of thioether (sulfide) groups is 1. The van der Waals surface area contributed by atoms with E-state index < -0.39 is 69.8 Å². The number of carbonyl (C=O) groups excluding carboxylic acids is 3. The van der Waals surface area contributed by atoms with Crippen molar-refractivity contribution in [1.29, 1.82) is 0 Å².